The van der Waals surface area contributed by atoms with Gasteiger partial charge in [0.2, 0.25) is 0 Å². The number of nitrogens with one attached hydrogen (secondary N) is 1. The van der Waals surface area contributed by atoms with Crippen molar-refractivity contribution in [1.29, 1.82) is 0 Å². The fourth-order valence-electron chi connectivity index (χ4n) is 3.93. The molecule has 5 heteroatoms. The molecule has 2 N–H and O–H groups in total. The van der Waals surface area contributed by atoms with Gasteiger partial charge in [-0.3, -0.25) is 10.1 Å². The van der Waals surface area contributed by atoms with Crippen LogP contribution < -0.4 is 5.32 Å². The molecule has 0 aromatic carbocycles. The highest BCUT2D eigenvalue weighted by Crippen LogP contribution is 2.38. The number of carboxylic acids is 1. The van der Waals surface area contributed by atoms with Gasteiger partial charge in [-0.1, -0.05) is 6.42 Å². The lowest BCUT2D eigenvalue weighted by Crippen LogP contribution is -2.57. The lowest BCUT2D eigenvalue weighted by atomic mass is 9.83. The van der Waals surface area contributed by atoms with Crippen LogP contribution in [0, 0.1) is 5.92 Å². The van der Waals surface area contributed by atoms with E-state index in [9.17, 15) is 9.90 Å². The first-order valence-corrected chi connectivity index (χ1v) is 8.36. The largest absolute Gasteiger partial charge is 0.480 e. The number of nitrogens with zero attached hydrogens (tertiary/aromatic N) is 2. The molecule has 2 rings (SSSR count). The summed E-state index contributed by atoms with van der Waals surface area (Å²) in [5.74, 6) is -0.394. The van der Waals surface area contributed by atoms with Gasteiger partial charge in [0.1, 0.15) is 5.54 Å². The average Bonchev–Trinajstić information content (AvgIpc) is 2.81. The number of likely N-dealkylation sites (N-methyl/N-ethyl adjacent to an activating group) is 1. The Balaban J connectivity index is 1.92. The Hall–Kier alpha value is -0.650. The molecule has 1 saturated heterocycles. The van der Waals surface area contributed by atoms with Gasteiger partial charge in [0.05, 0.1) is 0 Å². The third-order valence-electron chi connectivity index (χ3n) is 5.14. The molecule has 21 heavy (non-hydrogen) atoms. The summed E-state index contributed by atoms with van der Waals surface area (Å²) in [6.07, 6.45) is 3.84. The Kier molecular flexibility index (Phi) is 5.63. The first-order chi connectivity index (χ1) is 9.94. The minimum Gasteiger partial charge on any atom is -0.480 e. The highest BCUT2D eigenvalue weighted by atomic mass is 16.4. The molecule has 1 saturated carbocycles. The van der Waals surface area contributed by atoms with Crippen LogP contribution in [0.4, 0.5) is 0 Å². The highest BCUT2D eigenvalue weighted by Gasteiger charge is 2.49. The Morgan fingerprint density at radius 1 is 1.33 bits per heavy atom. The lowest BCUT2D eigenvalue weighted by molar-refractivity contribution is -0.147. The van der Waals surface area contributed by atoms with E-state index in [2.05, 4.69) is 22.2 Å². The first-order valence-electron chi connectivity index (χ1n) is 8.36. The van der Waals surface area contributed by atoms with Gasteiger partial charge in [0.25, 0.3) is 0 Å². The number of carbonyl (C=O) groups is 1. The molecule has 0 aromatic heterocycles. The van der Waals surface area contributed by atoms with E-state index in [1.165, 1.54) is 0 Å². The normalized spacial score (nSPS) is 31.9. The molecule has 1 heterocycles. The Morgan fingerprint density at radius 3 is 2.57 bits per heavy atom. The second-order valence-electron chi connectivity index (χ2n) is 7.10. The van der Waals surface area contributed by atoms with Gasteiger partial charge in [0.15, 0.2) is 0 Å². The predicted molar refractivity (Wildman–Crippen MR) is 84.5 cm³/mol. The van der Waals surface area contributed by atoms with E-state index in [1.807, 2.05) is 13.8 Å². The van der Waals surface area contributed by atoms with Crippen molar-refractivity contribution in [2.24, 2.45) is 5.92 Å². The molecule has 1 aliphatic carbocycles. The van der Waals surface area contributed by atoms with Crippen molar-refractivity contribution in [3.8, 4) is 0 Å². The van der Waals surface area contributed by atoms with Gasteiger partial charge in [-0.25, -0.2) is 0 Å². The Morgan fingerprint density at radius 2 is 2.00 bits per heavy atom. The molecule has 0 amide bonds. The SMILES string of the molecule is CC(C)NC1(C(=O)O)CCCC1CCN1CCN(C)CC1. The van der Waals surface area contributed by atoms with Crippen molar-refractivity contribution in [3.05, 3.63) is 0 Å². The van der Waals surface area contributed by atoms with Gasteiger partial charge in [-0.05, 0) is 52.6 Å². The van der Waals surface area contributed by atoms with Gasteiger partial charge in [-0.15, -0.1) is 0 Å². The number of hydrogen-bond donors (Lipinski definition) is 2. The minimum absolute atomic E-state index is 0.213. The Bertz CT molecular complexity index is 353. The zero-order valence-electron chi connectivity index (χ0n) is 13.8. The zero-order chi connectivity index (χ0) is 15.5. The van der Waals surface area contributed by atoms with Crippen LogP contribution in [0.1, 0.15) is 39.5 Å². The van der Waals surface area contributed by atoms with E-state index < -0.39 is 11.5 Å². The molecule has 2 fully saturated rings. The highest BCUT2D eigenvalue weighted by molar-refractivity contribution is 5.79. The van der Waals surface area contributed by atoms with Crippen molar-refractivity contribution < 1.29 is 9.90 Å². The third kappa shape index (κ3) is 3.96. The molecule has 2 unspecified atom stereocenters. The number of piperazine rings is 1. The summed E-state index contributed by atoms with van der Waals surface area (Å²) in [6.45, 7) is 9.59. The van der Waals surface area contributed by atoms with E-state index in [-0.39, 0.29) is 12.0 Å². The maximum absolute atomic E-state index is 11.9. The van der Waals surface area contributed by atoms with E-state index in [0.29, 0.717) is 0 Å². The molecule has 0 bridgehead atoms. The van der Waals surface area contributed by atoms with Gasteiger partial charge in [-0.2, -0.15) is 0 Å². The third-order valence-corrected chi connectivity index (χ3v) is 5.14. The van der Waals surface area contributed by atoms with Crippen LogP contribution in [0.15, 0.2) is 0 Å². The second-order valence-corrected chi connectivity index (χ2v) is 7.10. The molecule has 0 aromatic rings. The molecule has 2 atom stereocenters. The molecular weight excluding hydrogens is 266 g/mol. The predicted octanol–water partition coefficient (Wildman–Crippen LogP) is 1.25. The average molecular weight is 297 g/mol. The monoisotopic (exact) mass is 297 g/mol. The summed E-state index contributed by atoms with van der Waals surface area (Å²) in [4.78, 5) is 16.7. The molecule has 122 valence electrons. The van der Waals surface area contributed by atoms with Crippen molar-refractivity contribution in [1.82, 2.24) is 15.1 Å². The van der Waals surface area contributed by atoms with Gasteiger partial charge >= 0.3 is 5.97 Å². The van der Waals surface area contributed by atoms with Crippen LogP contribution in [0.3, 0.4) is 0 Å². The summed E-state index contributed by atoms with van der Waals surface area (Å²) >= 11 is 0. The molecule has 0 radical (unpaired) electrons. The molecule has 1 aliphatic heterocycles. The van der Waals surface area contributed by atoms with E-state index in [0.717, 1.165) is 58.4 Å². The summed E-state index contributed by atoms with van der Waals surface area (Å²) in [5.41, 5.74) is -0.694. The summed E-state index contributed by atoms with van der Waals surface area (Å²) < 4.78 is 0. The zero-order valence-corrected chi connectivity index (χ0v) is 13.8. The van der Waals surface area contributed by atoms with Crippen molar-refractivity contribution in [3.63, 3.8) is 0 Å². The van der Waals surface area contributed by atoms with Crippen LogP contribution in [-0.4, -0.2) is 72.2 Å². The summed E-state index contributed by atoms with van der Waals surface area (Å²) in [5, 5.41) is 13.1. The molecule has 5 nitrogen and oxygen atoms in total. The van der Waals surface area contributed by atoms with Crippen molar-refractivity contribution >= 4 is 5.97 Å². The van der Waals surface area contributed by atoms with Crippen LogP contribution in [-0.2, 0) is 4.79 Å². The summed E-state index contributed by atoms with van der Waals surface area (Å²) in [6, 6.07) is 0.213. The lowest BCUT2D eigenvalue weighted by Gasteiger charge is -2.37. The molecular formula is C16H31N3O2. The quantitative estimate of drug-likeness (QED) is 0.773. The maximum Gasteiger partial charge on any atom is 0.324 e. The second kappa shape index (κ2) is 7.07. The summed E-state index contributed by atoms with van der Waals surface area (Å²) in [7, 11) is 2.16. The van der Waals surface area contributed by atoms with Crippen molar-refractivity contribution in [2.45, 2.75) is 51.1 Å². The standard InChI is InChI=1S/C16H31N3O2/c1-13(2)17-16(15(20)21)7-4-5-14(16)6-8-19-11-9-18(3)10-12-19/h13-14,17H,4-12H2,1-3H3,(H,20,21). The van der Waals surface area contributed by atoms with Crippen molar-refractivity contribution in [2.75, 3.05) is 39.8 Å². The number of carboxylic acid groups (broad SMARTS) is 1. The molecule has 2 aliphatic rings. The fraction of sp³-hybridized carbons (Fsp3) is 0.938. The number of rotatable bonds is 6. The first kappa shape index (κ1) is 16.7. The maximum atomic E-state index is 11.9. The van der Waals surface area contributed by atoms with E-state index >= 15 is 0 Å². The van der Waals surface area contributed by atoms with E-state index in [4.69, 9.17) is 0 Å². The smallest absolute Gasteiger partial charge is 0.324 e. The number of aliphatic carboxylic acids is 1. The van der Waals surface area contributed by atoms with Crippen LogP contribution in [0.25, 0.3) is 0 Å². The van der Waals surface area contributed by atoms with Crippen LogP contribution in [0.5, 0.6) is 0 Å². The van der Waals surface area contributed by atoms with Crippen LogP contribution in [0.2, 0.25) is 0 Å². The van der Waals surface area contributed by atoms with Gasteiger partial charge < -0.3 is 14.9 Å². The number of hydrogen-bond acceptors (Lipinski definition) is 4. The van der Waals surface area contributed by atoms with Gasteiger partial charge in [0, 0.05) is 32.2 Å². The minimum atomic E-state index is -0.694. The fourth-order valence-corrected chi connectivity index (χ4v) is 3.93. The van der Waals surface area contributed by atoms with Crippen LogP contribution >= 0.6 is 0 Å². The van der Waals surface area contributed by atoms with E-state index in [1.54, 1.807) is 0 Å². The topological polar surface area (TPSA) is 55.8 Å². The Labute approximate surface area is 128 Å². The molecule has 0 spiro atoms.